The van der Waals surface area contributed by atoms with Gasteiger partial charge < -0.3 is 10.3 Å². The number of sulfonamides is 1. The summed E-state index contributed by atoms with van der Waals surface area (Å²) in [6, 6.07) is 4.86. The molecular weight excluding hydrogens is 376 g/mol. The number of aryl methyl sites for hydroxylation is 1. The van der Waals surface area contributed by atoms with Gasteiger partial charge in [-0.2, -0.15) is 4.98 Å². The molecule has 0 aliphatic heterocycles. The summed E-state index contributed by atoms with van der Waals surface area (Å²) in [6.07, 6.45) is 2.70. The summed E-state index contributed by atoms with van der Waals surface area (Å²) in [5.41, 5.74) is 6.59. The Morgan fingerprint density at radius 2 is 1.92 bits per heavy atom. The molecule has 0 amide bonds. The lowest BCUT2D eigenvalue weighted by atomic mass is 9.77. The number of nitrogens with two attached hydrogens (primary N) is 1. The average molecular weight is 401 g/mol. The fourth-order valence-electron chi connectivity index (χ4n) is 2.78. The Morgan fingerprint density at radius 3 is 2.46 bits per heavy atom. The molecule has 0 bridgehead atoms. The van der Waals surface area contributed by atoms with E-state index < -0.39 is 21.1 Å². The maximum atomic E-state index is 12.6. The number of hydrogen-bond acceptors (Lipinski definition) is 6. The highest BCUT2D eigenvalue weighted by atomic mass is 35.5. The first-order valence-electron chi connectivity index (χ1n) is 8.28. The molecule has 0 unspecified atom stereocenters. The molecule has 1 fully saturated rings. The third kappa shape index (κ3) is 4.09. The quantitative estimate of drug-likeness (QED) is 0.816. The fraction of sp³-hybridized carbons (Fsp3) is 0.529. The number of nitrogens with one attached hydrogen (secondary N) is 1. The van der Waals surface area contributed by atoms with Crippen molar-refractivity contribution in [2.45, 2.75) is 62.9 Å². The summed E-state index contributed by atoms with van der Waals surface area (Å²) in [4.78, 5) is 4.58. The van der Waals surface area contributed by atoms with Crippen LogP contribution >= 0.6 is 12.4 Å². The van der Waals surface area contributed by atoms with Gasteiger partial charge in [-0.25, -0.2) is 13.1 Å². The molecule has 1 saturated carbocycles. The monoisotopic (exact) mass is 400 g/mol. The van der Waals surface area contributed by atoms with Crippen LogP contribution in [0.5, 0.6) is 0 Å². The van der Waals surface area contributed by atoms with E-state index in [1.807, 2.05) is 6.92 Å². The summed E-state index contributed by atoms with van der Waals surface area (Å²) >= 11 is 0. The van der Waals surface area contributed by atoms with Crippen LogP contribution in [-0.2, 0) is 15.6 Å². The molecule has 9 heteroatoms. The summed E-state index contributed by atoms with van der Waals surface area (Å²) in [5.74, 6) is 0.770. The average Bonchev–Trinajstić information content (AvgIpc) is 2.92. The topological polar surface area (TPSA) is 111 Å². The van der Waals surface area contributed by atoms with Crippen molar-refractivity contribution < 1.29 is 12.9 Å². The van der Waals surface area contributed by atoms with Crippen molar-refractivity contribution in [3.63, 3.8) is 0 Å². The smallest absolute Gasteiger partial charge is 0.258 e. The van der Waals surface area contributed by atoms with Crippen LogP contribution in [0.4, 0.5) is 0 Å². The van der Waals surface area contributed by atoms with Crippen LogP contribution in [0, 0.1) is 6.92 Å². The molecule has 3 rings (SSSR count). The van der Waals surface area contributed by atoms with E-state index in [0.717, 1.165) is 24.8 Å². The van der Waals surface area contributed by atoms with Crippen LogP contribution in [0.3, 0.4) is 0 Å². The number of benzene rings is 1. The normalized spacial score (nSPS) is 16.7. The zero-order chi connectivity index (χ0) is 18.5. The largest absolute Gasteiger partial charge is 0.334 e. The SMILES string of the molecule is Cc1ccc(S(=O)(=O)NC(C)(C)C)cc1-c1nc(C2(N)CCC2)no1.Cl. The lowest BCUT2D eigenvalue weighted by Gasteiger charge is -2.34. The first-order valence-corrected chi connectivity index (χ1v) is 9.77. The number of rotatable bonds is 4. The maximum absolute atomic E-state index is 12.6. The molecule has 0 atom stereocenters. The van der Waals surface area contributed by atoms with E-state index in [0.29, 0.717) is 11.4 Å². The Hall–Kier alpha value is -1.48. The van der Waals surface area contributed by atoms with Gasteiger partial charge in [0.05, 0.1) is 10.4 Å². The third-order valence-corrected chi connectivity index (χ3v) is 6.06. The molecule has 1 heterocycles. The number of nitrogens with zero attached hydrogens (tertiary/aromatic N) is 2. The van der Waals surface area contributed by atoms with Crippen LogP contribution in [-0.4, -0.2) is 24.1 Å². The van der Waals surface area contributed by atoms with E-state index >= 15 is 0 Å². The predicted octanol–water partition coefficient (Wildman–Crippen LogP) is 2.88. The minimum atomic E-state index is -3.64. The van der Waals surface area contributed by atoms with Gasteiger partial charge in [0.15, 0.2) is 5.82 Å². The van der Waals surface area contributed by atoms with E-state index in [2.05, 4.69) is 14.9 Å². The zero-order valence-corrected chi connectivity index (χ0v) is 17.0. The van der Waals surface area contributed by atoms with Gasteiger partial charge >= 0.3 is 0 Å². The number of hydrogen-bond donors (Lipinski definition) is 2. The molecule has 1 aromatic carbocycles. The molecule has 2 aromatic rings. The molecule has 1 aliphatic rings. The Kier molecular flexibility index (Phi) is 5.54. The van der Waals surface area contributed by atoms with E-state index in [1.54, 1.807) is 39.0 Å². The van der Waals surface area contributed by atoms with Gasteiger partial charge in [-0.05, 0) is 64.7 Å². The van der Waals surface area contributed by atoms with Crippen LogP contribution in [0.15, 0.2) is 27.6 Å². The van der Waals surface area contributed by atoms with E-state index in [4.69, 9.17) is 10.3 Å². The standard InChI is InChI=1S/C17H24N4O3S.ClH/c1-11-6-7-12(25(22,23)21-16(2,3)4)10-13(11)14-19-15(20-24-14)17(18)8-5-9-17;/h6-7,10,21H,5,8-9,18H2,1-4H3;1H. The second-order valence-corrected chi connectivity index (χ2v) is 9.45. The molecule has 144 valence electrons. The second-order valence-electron chi connectivity index (χ2n) is 7.77. The minimum absolute atomic E-state index is 0. The van der Waals surface area contributed by atoms with Gasteiger partial charge in [0.2, 0.25) is 10.0 Å². The van der Waals surface area contributed by atoms with Gasteiger partial charge in [0, 0.05) is 11.1 Å². The maximum Gasteiger partial charge on any atom is 0.258 e. The van der Waals surface area contributed by atoms with Crippen LogP contribution in [0.25, 0.3) is 11.5 Å². The van der Waals surface area contributed by atoms with Crippen molar-refractivity contribution in [3.8, 4) is 11.5 Å². The summed E-state index contributed by atoms with van der Waals surface area (Å²) in [6.45, 7) is 7.25. The first kappa shape index (κ1) is 20.8. The van der Waals surface area contributed by atoms with Gasteiger partial charge in [0.25, 0.3) is 5.89 Å². The van der Waals surface area contributed by atoms with Gasteiger partial charge in [-0.3, -0.25) is 0 Å². The van der Waals surface area contributed by atoms with Crippen molar-refractivity contribution in [3.05, 3.63) is 29.6 Å². The molecule has 7 nitrogen and oxygen atoms in total. The molecule has 1 aromatic heterocycles. The molecular formula is C17H25ClN4O3S. The van der Waals surface area contributed by atoms with Crippen molar-refractivity contribution in [2.75, 3.05) is 0 Å². The van der Waals surface area contributed by atoms with Crippen molar-refractivity contribution >= 4 is 22.4 Å². The van der Waals surface area contributed by atoms with Crippen LogP contribution in [0.2, 0.25) is 0 Å². The highest BCUT2D eigenvalue weighted by Gasteiger charge is 2.39. The molecule has 0 spiro atoms. The van der Waals surface area contributed by atoms with Crippen molar-refractivity contribution in [1.29, 1.82) is 0 Å². The van der Waals surface area contributed by atoms with Crippen LogP contribution in [0.1, 0.15) is 51.4 Å². The first-order chi connectivity index (χ1) is 11.5. The number of halogens is 1. The Morgan fingerprint density at radius 1 is 1.27 bits per heavy atom. The van der Waals surface area contributed by atoms with Gasteiger partial charge in [-0.1, -0.05) is 11.2 Å². The molecule has 1 aliphatic carbocycles. The van der Waals surface area contributed by atoms with Gasteiger partial charge in [-0.15, -0.1) is 12.4 Å². The predicted molar refractivity (Wildman–Crippen MR) is 102 cm³/mol. The Bertz CT molecular complexity index is 899. The lowest BCUT2D eigenvalue weighted by molar-refractivity contribution is 0.229. The summed E-state index contributed by atoms with van der Waals surface area (Å²) in [5, 5.41) is 4.00. The highest BCUT2D eigenvalue weighted by molar-refractivity contribution is 7.89. The second kappa shape index (κ2) is 6.92. The Labute approximate surface area is 160 Å². The molecule has 3 N–H and O–H groups in total. The molecule has 0 radical (unpaired) electrons. The highest BCUT2D eigenvalue weighted by Crippen LogP contribution is 2.38. The summed E-state index contributed by atoms with van der Waals surface area (Å²) in [7, 11) is -3.64. The molecule has 26 heavy (non-hydrogen) atoms. The Balaban J connectivity index is 0.00000243. The molecule has 0 saturated heterocycles. The van der Waals surface area contributed by atoms with Crippen molar-refractivity contribution in [1.82, 2.24) is 14.9 Å². The zero-order valence-electron chi connectivity index (χ0n) is 15.4. The van der Waals surface area contributed by atoms with Crippen LogP contribution < -0.4 is 10.5 Å². The summed E-state index contributed by atoms with van der Waals surface area (Å²) < 4.78 is 33.1. The fourth-order valence-corrected chi connectivity index (χ4v) is 4.22. The lowest BCUT2D eigenvalue weighted by Crippen LogP contribution is -2.44. The van der Waals surface area contributed by atoms with Gasteiger partial charge in [0.1, 0.15) is 0 Å². The van der Waals surface area contributed by atoms with E-state index in [1.165, 1.54) is 0 Å². The third-order valence-electron chi connectivity index (χ3n) is 4.31. The minimum Gasteiger partial charge on any atom is -0.334 e. The van der Waals surface area contributed by atoms with E-state index in [-0.39, 0.29) is 23.2 Å². The number of aromatic nitrogens is 2. The van der Waals surface area contributed by atoms with Crippen molar-refractivity contribution in [2.24, 2.45) is 5.73 Å². The van der Waals surface area contributed by atoms with E-state index in [9.17, 15) is 8.42 Å².